The first-order valence-electron chi connectivity index (χ1n) is 7.23. The van der Waals surface area contributed by atoms with Crippen LogP contribution in [0.3, 0.4) is 0 Å². The number of fused-ring (bicyclic) bond motifs is 1. The molecule has 1 unspecified atom stereocenters. The zero-order valence-electron chi connectivity index (χ0n) is 12.0. The van der Waals surface area contributed by atoms with E-state index in [2.05, 4.69) is 20.5 Å². The molecule has 3 N–H and O–H groups in total. The number of rotatable bonds is 5. The van der Waals surface area contributed by atoms with E-state index in [1.165, 1.54) is 10.8 Å². The van der Waals surface area contributed by atoms with Crippen LogP contribution >= 0.6 is 0 Å². The Kier molecular flexibility index (Phi) is 3.89. The molecule has 0 saturated carbocycles. The number of aromatic nitrogens is 4. The van der Waals surface area contributed by atoms with Crippen molar-refractivity contribution in [1.29, 1.82) is 0 Å². The highest BCUT2D eigenvalue weighted by Gasteiger charge is 2.20. The summed E-state index contributed by atoms with van der Waals surface area (Å²) in [5.74, 6) is 1.32. The van der Waals surface area contributed by atoms with Crippen LogP contribution in [0.1, 0.15) is 18.7 Å². The van der Waals surface area contributed by atoms with Crippen LogP contribution in [0.25, 0.3) is 5.65 Å². The van der Waals surface area contributed by atoms with E-state index in [9.17, 15) is 9.90 Å². The largest absolute Gasteiger partial charge is 0.395 e. The fourth-order valence-corrected chi connectivity index (χ4v) is 2.84. The van der Waals surface area contributed by atoms with Crippen LogP contribution in [-0.2, 0) is 0 Å². The SMILES string of the molecule is Cc1nc(N(CCO)CC2CCCN2)cc2n[nH]c(=O)n12. The minimum absolute atomic E-state index is 0.0615. The van der Waals surface area contributed by atoms with Crippen molar-refractivity contribution in [2.75, 3.05) is 31.1 Å². The Balaban J connectivity index is 1.92. The van der Waals surface area contributed by atoms with Crippen LogP contribution in [0.15, 0.2) is 10.9 Å². The first kappa shape index (κ1) is 14.0. The summed E-state index contributed by atoms with van der Waals surface area (Å²) in [6, 6.07) is 2.19. The minimum atomic E-state index is -0.285. The summed E-state index contributed by atoms with van der Waals surface area (Å²) in [6.07, 6.45) is 2.31. The van der Waals surface area contributed by atoms with Gasteiger partial charge in [-0.25, -0.2) is 19.3 Å². The summed E-state index contributed by atoms with van der Waals surface area (Å²) < 4.78 is 1.44. The van der Waals surface area contributed by atoms with Gasteiger partial charge in [-0.1, -0.05) is 0 Å². The van der Waals surface area contributed by atoms with Gasteiger partial charge in [-0.3, -0.25) is 0 Å². The van der Waals surface area contributed by atoms with Crippen molar-refractivity contribution in [1.82, 2.24) is 24.9 Å². The third-order valence-corrected chi connectivity index (χ3v) is 3.85. The van der Waals surface area contributed by atoms with Gasteiger partial charge in [-0.15, -0.1) is 0 Å². The van der Waals surface area contributed by atoms with Gasteiger partial charge in [0.25, 0.3) is 0 Å². The molecule has 2 aromatic rings. The number of aliphatic hydroxyl groups is 1. The second-order valence-electron chi connectivity index (χ2n) is 5.35. The summed E-state index contributed by atoms with van der Waals surface area (Å²) in [4.78, 5) is 18.1. The third-order valence-electron chi connectivity index (χ3n) is 3.85. The molecule has 2 aromatic heterocycles. The predicted molar refractivity (Wildman–Crippen MR) is 78.7 cm³/mol. The van der Waals surface area contributed by atoms with Gasteiger partial charge in [0, 0.05) is 25.2 Å². The average molecular weight is 292 g/mol. The first-order chi connectivity index (χ1) is 10.2. The topological polar surface area (TPSA) is 98.5 Å². The van der Waals surface area contributed by atoms with Crippen molar-refractivity contribution in [3.63, 3.8) is 0 Å². The number of nitrogens with zero attached hydrogens (tertiary/aromatic N) is 4. The quantitative estimate of drug-likeness (QED) is 0.672. The van der Waals surface area contributed by atoms with Crippen molar-refractivity contribution >= 4 is 11.5 Å². The van der Waals surface area contributed by atoms with E-state index in [1.54, 1.807) is 13.0 Å². The maximum absolute atomic E-state index is 11.6. The summed E-state index contributed by atoms with van der Waals surface area (Å²) >= 11 is 0. The maximum Gasteiger partial charge on any atom is 0.349 e. The van der Waals surface area contributed by atoms with Gasteiger partial charge in [-0.05, 0) is 26.3 Å². The Hall–Kier alpha value is -1.93. The molecule has 3 heterocycles. The lowest BCUT2D eigenvalue weighted by molar-refractivity contribution is 0.300. The van der Waals surface area contributed by atoms with Gasteiger partial charge >= 0.3 is 5.69 Å². The molecule has 1 aliphatic heterocycles. The van der Waals surface area contributed by atoms with E-state index < -0.39 is 0 Å². The smallest absolute Gasteiger partial charge is 0.349 e. The minimum Gasteiger partial charge on any atom is -0.395 e. The molecule has 0 radical (unpaired) electrons. The number of hydrogen-bond acceptors (Lipinski definition) is 6. The Morgan fingerprint density at radius 2 is 2.43 bits per heavy atom. The molecule has 1 saturated heterocycles. The summed E-state index contributed by atoms with van der Waals surface area (Å²) in [7, 11) is 0. The predicted octanol–water partition coefficient (Wildman–Crippen LogP) is -0.723. The molecule has 1 aliphatic rings. The molecular weight excluding hydrogens is 272 g/mol. The lowest BCUT2D eigenvalue weighted by atomic mass is 10.2. The average Bonchev–Trinajstić information content (AvgIpc) is 3.08. The fraction of sp³-hybridized carbons (Fsp3) is 0.615. The van der Waals surface area contributed by atoms with Gasteiger partial charge < -0.3 is 15.3 Å². The normalized spacial score (nSPS) is 18.5. The Bertz CT molecular complexity index is 673. The van der Waals surface area contributed by atoms with Crippen LogP contribution in [0, 0.1) is 6.92 Å². The molecule has 0 bridgehead atoms. The molecule has 8 nitrogen and oxygen atoms in total. The van der Waals surface area contributed by atoms with Crippen LogP contribution in [0.4, 0.5) is 5.82 Å². The van der Waals surface area contributed by atoms with Crippen LogP contribution in [0.2, 0.25) is 0 Å². The molecule has 21 heavy (non-hydrogen) atoms. The van der Waals surface area contributed by atoms with E-state index in [4.69, 9.17) is 0 Å². The molecule has 8 heteroatoms. The third kappa shape index (κ3) is 2.77. The lowest BCUT2D eigenvalue weighted by Gasteiger charge is -2.26. The Labute approximate surface area is 121 Å². The number of hydrogen-bond donors (Lipinski definition) is 3. The molecule has 0 aliphatic carbocycles. The van der Waals surface area contributed by atoms with Crippen molar-refractivity contribution in [3.8, 4) is 0 Å². The second kappa shape index (κ2) is 5.82. The second-order valence-corrected chi connectivity index (χ2v) is 5.35. The van der Waals surface area contributed by atoms with Crippen LogP contribution < -0.4 is 15.9 Å². The van der Waals surface area contributed by atoms with Crippen molar-refractivity contribution in [2.24, 2.45) is 0 Å². The van der Waals surface area contributed by atoms with Crippen molar-refractivity contribution < 1.29 is 5.11 Å². The van der Waals surface area contributed by atoms with Gasteiger partial charge in [0.2, 0.25) is 0 Å². The number of aromatic amines is 1. The molecule has 114 valence electrons. The van der Waals surface area contributed by atoms with E-state index in [0.29, 0.717) is 24.1 Å². The molecular formula is C13H20N6O2. The molecule has 0 aromatic carbocycles. The van der Waals surface area contributed by atoms with E-state index >= 15 is 0 Å². The lowest BCUT2D eigenvalue weighted by Crippen LogP contribution is -2.39. The number of aryl methyl sites for hydroxylation is 1. The summed E-state index contributed by atoms with van der Waals surface area (Å²) in [5.41, 5.74) is 0.262. The highest BCUT2D eigenvalue weighted by molar-refractivity contribution is 5.51. The Morgan fingerprint density at radius 1 is 1.57 bits per heavy atom. The van der Waals surface area contributed by atoms with E-state index in [1.807, 2.05) is 4.90 Å². The van der Waals surface area contributed by atoms with E-state index in [0.717, 1.165) is 25.3 Å². The molecule has 1 atom stereocenters. The highest BCUT2D eigenvalue weighted by Crippen LogP contribution is 2.16. The van der Waals surface area contributed by atoms with Crippen LogP contribution in [0.5, 0.6) is 0 Å². The van der Waals surface area contributed by atoms with Gasteiger partial charge in [-0.2, -0.15) is 5.10 Å². The van der Waals surface area contributed by atoms with Crippen LogP contribution in [-0.4, -0.2) is 57.0 Å². The molecule has 0 amide bonds. The number of H-pyrrole nitrogens is 1. The van der Waals surface area contributed by atoms with Crippen molar-refractivity contribution in [3.05, 3.63) is 22.4 Å². The fourth-order valence-electron chi connectivity index (χ4n) is 2.84. The zero-order chi connectivity index (χ0) is 14.8. The summed E-state index contributed by atoms with van der Waals surface area (Å²) in [6.45, 7) is 4.18. The molecule has 3 rings (SSSR count). The number of aliphatic hydroxyl groups excluding tert-OH is 1. The van der Waals surface area contributed by atoms with E-state index in [-0.39, 0.29) is 12.3 Å². The van der Waals surface area contributed by atoms with Crippen molar-refractivity contribution in [2.45, 2.75) is 25.8 Å². The van der Waals surface area contributed by atoms with Gasteiger partial charge in [0.15, 0.2) is 5.65 Å². The molecule has 0 spiro atoms. The first-order valence-corrected chi connectivity index (χ1v) is 7.23. The highest BCUT2D eigenvalue weighted by atomic mass is 16.3. The van der Waals surface area contributed by atoms with Gasteiger partial charge in [0.1, 0.15) is 11.6 Å². The van der Waals surface area contributed by atoms with Gasteiger partial charge in [0.05, 0.1) is 6.61 Å². The molecule has 1 fully saturated rings. The standard InChI is InChI=1S/C13H20N6O2/c1-9-15-11(7-12-16-17-13(21)19(9)12)18(5-6-20)8-10-3-2-4-14-10/h7,10,14,20H,2-6,8H2,1H3,(H,17,21). The Morgan fingerprint density at radius 3 is 3.14 bits per heavy atom. The monoisotopic (exact) mass is 292 g/mol. The number of anilines is 1. The zero-order valence-corrected chi connectivity index (χ0v) is 12.0. The maximum atomic E-state index is 11.6. The number of nitrogens with one attached hydrogen (secondary N) is 2. The summed E-state index contributed by atoms with van der Waals surface area (Å²) in [5, 5.41) is 19.2.